The normalized spacial score (nSPS) is 21.9. The molecular weight excluding hydrogens is 342 g/mol. The van der Waals surface area contributed by atoms with Gasteiger partial charge in [0.05, 0.1) is 12.6 Å². The van der Waals surface area contributed by atoms with Crippen molar-refractivity contribution in [1.82, 2.24) is 9.88 Å². The number of hydrogen-bond donors (Lipinski definition) is 0. The van der Waals surface area contributed by atoms with Gasteiger partial charge in [-0.15, -0.1) is 0 Å². The standard InChI is InChI=1S/C21H33N3O3/c1-7-18-16(13-26-8-2)9-15-10-17-12-23(20(25)27-21(4,5)6)11-14(3)24(17)19(15)22-18/h9,14,17H,7-8,10-13H2,1-6H3/t14-,17-/m1/s1. The second-order valence-electron chi connectivity index (χ2n) is 8.57. The molecule has 0 unspecified atom stereocenters. The molecule has 1 fully saturated rings. The van der Waals surface area contributed by atoms with Crippen molar-refractivity contribution in [2.24, 2.45) is 0 Å². The summed E-state index contributed by atoms with van der Waals surface area (Å²) in [6.45, 7) is 14.7. The zero-order valence-corrected chi connectivity index (χ0v) is 17.5. The van der Waals surface area contributed by atoms with Crippen LogP contribution < -0.4 is 4.90 Å². The number of rotatable bonds is 4. The molecule has 27 heavy (non-hydrogen) atoms. The first-order chi connectivity index (χ1) is 12.7. The quantitative estimate of drug-likeness (QED) is 0.805. The first-order valence-corrected chi connectivity index (χ1v) is 10.1. The van der Waals surface area contributed by atoms with Gasteiger partial charge < -0.3 is 19.3 Å². The van der Waals surface area contributed by atoms with E-state index < -0.39 is 5.60 Å². The molecule has 1 saturated heterocycles. The van der Waals surface area contributed by atoms with Crippen LogP contribution in [0, 0.1) is 0 Å². The van der Waals surface area contributed by atoms with Crippen molar-refractivity contribution in [2.75, 3.05) is 24.6 Å². The van der Waals surface area contributed by atoms with Gasteiger partial charge >= 0.3 is 6.09 Å². The Balaban J connectivity index is 1.81. The molecule has 2 atom stereocenters. The molecule has 6 nitrogen and oxygen atoms in total. The Morgan fingerprint density at radius 2 is 2.04 bits per heavy atom. The number of nitrogens with zero attached hydrogens (tertiary/aromatic N) is 3. The molecule has 1 aromatic heterocycles. The number of aryl methyl sites for hydroxylation is 1. The summed E-state index contributed by atoms with van der Waals surface area (Å²) in [5.74, 6) is 1.09. The van der Waals surface area contributed by atoms with Crippen LogP contribution in [0.15, 0.2) is 6.07 Å². The van der Waals surface area contributed by atoms with Gasteiger partial charge in [-0.3, -0.25) is 0 Å². The van der Waals surface area contributed by atoms with E-state index in [2.05, 4.69) is 24.8 Å². The number of hydrogen-bond acceptors (Lipinski definition) is 5. The Bertz CT molecular complexity index is 699. The minimum absolute atomic E-state index is 0.215. The number of aromatic nitrogens is 1. The van der Waals surface area contributed by atoms with Gasteiger partial charge in [-0.1, -0.05) is 6.92 Å². The van der Waals surface area contributed by atoms with Crippen LogP contribution in [-0.4, -0.2) is 53.4 Å². The Morgan fingerprint density at radius 3 is 2.67 bits per heavy atom. The maximum Gasteiger partial charge on any atom is 0.410 e. The fraction of sp³-hybridized carbons (Fsp3) is 0.714. The average molecular weight is 376 g/mol. The lowest BCUT2D eigenvalue weighted by Crippen LogP contribution is -2.58. The van der Waals surface area contributed by atoms with Crippen molar-refractivity contribution in [2.45, 2.75) is 78.7 Å². The second kappa shape index (κ2) is 7.66. The second-order valence-corrected chi connectivity index (χ2v) is 8.57. The molecule has 0 radical (unpaired) electrons. The molecular formula is C21H33N3O3. The summed E-state index contributed by atoms with van der Waals surface area (Å²) in [6.07, 6.45) is 1.59. The highest BCUT2D eigenvalue weighted by Crippen LogP contribution is 2.37. The smallest absolute Gasteiger partial charge is 0.410 e. The molecule has 0 aliphatic carbocycles. The average Bonchev–Trinajstić information content (AvgIpc) is 2.95. The number of piperazine rings is 1. The summed E-state index contributed by atoms with van der Waals surface area (Å²) in [5.41, 5.74) is 3.10. The summed E-state index contributed by atoms with van der Waals surface area (Å²) in [5, 5.41) is 0. The van der Waals surface area contributed by atoms with Gasteiger partial charge in [0.1, 0.15) is 11.4 Å². The van der Waals surface area contributed by atoms with Crippen LogP contribution in [0.4, 0.5) is 10.6 Å². The molecule has 2 aliphatic rings. The maximum atomic E-state index is 12.5. The molecule has 3 rings (SSSR count). The SMILES string of the molecule is CCOCc1cc2c(nc1CC)N1[C@H](C2)CN(C(=O)OC(C)(C)C)C[C@H]1C. The van der Waals surface area contributed by atoms with Crippen LogP contribution in [0.25, 0.3) is 0 Å². The Labute approximate surface area is 162 Å². The van der Waals surface area contributed by atoms with Crippen molar-refractivity contribution >= 4 is 11.9 Å². The van der Waals surface area contributed by atoms with E-state index in [-0.39, 0.29) is 18.2 Å². The third-order valence-electron chi connectivity index (χ3n) is 5.18. The van der Waals surface area contributed by atoms with Crippen molar-refractivity contribution < 1.29 is 14.3 Å². The molecule has 150 valence electrons. The van der Waals surface area contributed by atoms with E-state index in [9.17, 15) is 4.79 Å². The first kappa shape index (κ1) is 19.9. The molecule has 0 spiro atoms. The minimum atomic E-state index is -0.470. The highest BCUT2D eigenvalue weighted by atomic mass is 16.6. The lowest BCUT2D eigenvalue weighted by atomic mass is 10.1. The lowest BCUT2D eigenvalue weighted by molar-refractivity contribution is 0.0191. The lowest BCUT2D eigenvalue weighted by Gasteiger charge is -2.43. The minimum Gasteiger partial charge on any atom is -0.444 e. The summed E-state index contributed by atoms with van der Waals surface area (Å²) in [6, 6.07) is 2.74. The van der Waals surface area contributed by atoms with Gasteiger partial charge in [0.25, 0.3) is 0 Å². The van der Waals surface area contributed by atoms with Gasteiger partial charge in [-0.2, -0.15) is 0 Å². The van der Waals surface area contributed by atoms with Gasteiger partial charge in [0.2, 0.25) is 0 Å². The van der Waals surface area contributed by atoms with Crippen molar-refractivity contribution in [1.29, 1.82) is 0 Å². The van der Waals surface area contributed by atoms with Gasteiger partial charge in [0.15, 0.2) is 0 Å². The molecule has 1 aromatic rings. The summed E-state index contributed by atoms with van der Waals surface area (Å²) < 4.78 is 11.2. The van der Waals surface area contributed by atoms with Crippen molar-refractivity contribution in [3.63, 3.8) is 0 Å². The van der Waals surface area contributed by atoms with E-state index in [1.54, 1.807) is 0 Å². The molecule has 2 aliphatic heterocycles. The molecule has 6 heteroatoms. The fourth-order valence-electron chi connectivity index (χ4n) is 4.10. The van der Waals surface area contributed by atoms with E-state index in [4.69, 9.17) is 14.5 Å². The molecule has 1 amide bonds. The molecule has 3 heterocycles. The third kappa shape index (κ3) is 4.21. The summed E-state index contributed by atoms with van der Waals surface area (Å²) in [4.78, 5) is 21.8. The third-order valence-corrected chi connectivity index (χ3v) is 5.18. The van der Waals surface area contributed by atoms with E-state index in [0.29, 0.717) is 26.3 Å². The maximum absolute atomic E-state index is 12.5. The topological polar surface area (TPSA) is 54.9 Å². The molecule has 0 N–H and O–H groups in total. The predicted molar refractivity (Wildman–Crippen MR) is 106 cm³/mol. The largest absolute Gasteiger partial charge is 0.444 e. The van der Waals surface area contributed by atoms with Crippen LogP contribution in [-0.2, 0) is 28.9 Å². The van der Waals surface area contributed by atoms with Crippen LogP contribution in [0.5, 0.6) is 0 Å². The monoisotopic (exact) mass is 375 g/mol. The van der Waals surface area contributed by atoms with Crippen LogP contribution in [0.2, 0.25) is 0 Å². The van der Waals surface area contributed by atoms with Gasteiger partial charge in [-0.05, 0) is 64.7 Å². The Kier molecular flexibility index (Phi) is 5.65. The van der Waals surface area contributed by atoms with E-state index in [1.807, 2.05) is 32.6 Å². The number of anilines is 1. The number of fused-ring (bicyclic) bond motifs is 3. The van der Waals surface area contributed by atoms with E-state index in [0.717, 1.165) is 24.4 Å². The van der Waals surface area contributed by atoms with Crippen molar-refractivity contribution in [3.8, 4) is 0 Å². The Hall–Kier alpha value is -1.82. The zero-order chi connectivity index (χ0) is 19.8. The van der Waals surface area contributed by atoms with E-state index >= 15 is 0 Å². The van der Waals surface area contributed by atoms with Crippen LogP contribution in [0.1, 0.15) is 58.4 Å². The highest BCUT2D eigenvalue weighted by Gasteiger charge is 2.41. The van der Waals surface area contributed by atoms with Crippen molar-refractivity contribution in [3.05, 3.63) is 22.9 Å². The predicted octanol–water partition coefficient (Wildman–Crippen LogP) is 3.55. The fourth-order valence-corrected chi connectivity index (χ4v) is 4.10. The number of pyridine rings is 1. The number of carbonyl (C=O) groups excluding carboxylic acids is 1. The number of amides is 1. The number of carbonyl (C=O) groups is 1. The van der Waals surface area contributed by atoms with Gasteiger partial charge in [-0.25, -0.2) is 9.78 Å². The number of ether oxygens (including phenoxy) is 2. The summed E-state index contributed by atoms with van der Waals surface area (Å²) in [7, 11) is 0. The summed E-state index contributed by atoms with van der Waals surface area (Å²) >= 11 is 0. The molecule has 0 saturated carbocycles. The highest BCUT2D eigenvalue weighted by molar-refractivity contribution is 5.69. The van der Waals surface area contributed by atoms with Crippen LogP contribution in [0.3, 0.4) is 0 Å². The first-order valence-electron chi connectivity index (χ1n) is 10.1. The molecule has 0 aromatic carbocycles. The van der Waals surface area contributed by atoms with E-state index in [1.165, 1.54) is 11.1 Å². The molecule has 0 bridgehead atoms. The van der Waals surface area contributed by atoms with Gasteiger partial charge in [0, 0.05) is 31.4 Å². The zero-order valence-electron chi connectivity index (χ0n) is 17.5. The Morgan fingerprint density at radius 1 is 1.30 bits per heavy atom. The van der Waals surface area contributed by atoms with Crippen LogP contribution >= 0.6 is 0 Å².